The Morgan fingerprint density at radius 2 is 2.00 bits per heavy atom. The van der Waals surface area contributed by atoms with Crippen LogP contribution in [-0.2, 0) is 20.0 Å². The zero-order valence-corrected chi connectivity index (χ0v) is 13.1. The smallest absolute Gasteiger partial charge is 0.312 e. The van der Waals surface area contributed by atoms with Crippen LogP contribution in [0.1, 0.15) is 17.5 Å². The molecule has 1 amide bonds. The van der Waals surface area contributed by atoms with Crippen molar-refractivity contribution in [2.45, 2.75) is 19.5 Å². The highest BCUT2D eigenvalue weighted by Gasteiger charge is 2.37. The van der Waals surface area contributed by atoms with Crippen LogP contribution in [0.5, 0.6) is 0 Å². The fraction of sp³-hybridized carbons (Fsp3) is 0.462. The normalized spacial score (nSPS) is 19.8. The highest BCUT2D eigenvalue weighted by molar-refractivity contribution is 8.13. The molecule has 9 heteroatoms. The number of hydrogen-bond acceptors (Lipinski definition) is 3. The number of carbonyl (C=O) groups excluding carboxylic acids is 1. The Labute approximate surface area is 130 Å². The fourth-order valence-electron chi connectivity index (χ4n) is 2.63. The monoisotopic (exact) mass is 355 g/mol. The summed E-state index contributed by atoms with van der Waals surface area (Å²) >= 11 is 0. The minimum Gasteiger partial charge on any atom is -0.312 e. The van der Waals surface area contributed by atoms with Crippen LogP contribution in [0.15, 0.2) is 18.2 Å². The van der Waals surface area contributed by atoms with Gasteiger partial charge >= 0.3 is 6.18 Å². The van der Waals surface area contributed by atoms with Gasteiger partial charge in [0, 0.05) is 35.3 Å². The molecule has 0 bridgehead atoms. The summed E-state index contributed by atoms with van der Waals surface area (Å²) in [6, 6.07) is 3.59. The van der Waals surface area contributed by atoms with E-state index in [1.165, 1.54) is 24.0 Å². The third-order valence-corrected chi connectivity index (χ3v) is 4.79. The quantitative estimate of drug-likeness (QED) is 0.783. The molecule has 0 radical (unpaired) electrons. The lowest BCUT2D eigenvalue weighted by Crippen LogP contribution is -2.27. The Morgan fingerprint density at radius 1 is 1.36 bits per heavy atom. The Balaban J connectivity index is 2.32. The largest absolute Gasteiger partial charge is 0.416 e. The minimum absolute atomic E-state index is 0.0347. The molecule has 122 valence electrons. The van der Waals surface area contributed by atoms with Gasteiger partial charge in [0.25, 0.3) is 0 Å². The number of rotatable bonds is 3. The number of alkyl halides is 3. The lowest BCUT2D eigenvalue weighted by molar-refractivity contribution is -0.138. The molecule has 0 aromatic heterocycles. The molecule has 2 rings (SSSR count). The topological polar surface area (TPSA) is 54.5 Å². The SMILES string of the molecule is Cc1c(N2CC(CS(=O)(=O)Cl)CC2=O)cccc1C(F)(F)F. The molecule has 0 spiro atoms. The van der Waals surface area contributed by atoms with Crippen molar-refractivity contribution in [3.63, 3.8) is 0 Å². The second-order valence-electron chi connectivity index (χ2n) is 5.23. The fourth-order valence-corrected chi connectivity index (χ4v) is 3.95. The molecule has 1 atom stereocenters. The molecular formula is C13H13ClF3NO3S. The summed E-state index contributed by atoms with van der Waals surface area (Å²) in [6.45, 7) is 1.32. The van der Waals surface area contributed by atoms with Gasteiger partial charge in [0.15, 0.2) is 0 Å². The van der Waals surface area contributed by atoms with Gasteiger partial charge in [-0.05, 0) is 24.6 Å². The molecule has 22 heavy (non-hydrogen) atoms. The zero-order chi connectivity index (χ0) is 16.7. The van der Waals surface area contributed by atoms with Crippen LogP contribution < -0.4 is 4.90 Å². The Bertz CT molecular complexity index is 703. The average Bonchev–Trinajstić information content (AvgIpc) is 2.66. The average molecular weight is 356 g/mol. The van der Waals surface area contributed by atoms with Crippen molar-refractivity contribution in [1.82, 2.24) is 0 Å². The maximum atomic E-state index is 12.9. The second kappa shape index (κ2) is 5.73. The molecule has 1 unspecified atom stereocenters. The molecular weight excluding hydrogens is 343 g/mol. The predicted molar refractivity (Wildman–Crippen MR) is 76.3 cm³/mol. The summed E-state index contributed by atoms with van der Waals surface area (Å²) in [5, 5.41) is 0. The number of hydrogen-bond donors (Lipinski definition) is 0. The third kappa shape index (κ3) is 3.73. The van der Waals surface area contributed by atoms with Gasteiger partial charge in [-0.15, -0.1) is 0 Å². The van der Waals surface area contributed by atoms with Gasteiger partial charge < -0.3 is 4.90 Å². The molecule has 1 aromatic carbocycles. The Morgan fingerprint density at radius 3 is 2.55 bits per heavy atom. The first kappa shape index (κ1) is 17.1. The van der Waals surface area contributed by atoms with Crippen molar-refractivity contribution in [3.05, 3.63) is 29.3 Å². The summed E-state index contributed by atoms with van der Waals surface area (Å²) in [6.07, 6.45) is -4.57. The number of halogens is 4. The number of nitrogens with zero attached hydrogens (tertiary/aromatic N) is 1. The maximum Gasteiger partial charge on any atom is 0.416 e. The van der Waals surface area contributed by atoms with Crippen LogP contribution in [0, 0.1) is 12.8 Å². The lowest BCUT2D eigenvalue weighted by atomic mass is 10.1. The van der Waals surface area contributed by atoms with E-state index >= 15 is 0 Å². The van der Waals surface area contributed by atoms with Gasteiger partial charge in [0.2, 0.25) is 15.0 Å². The van der Waals surface area contributed by atoms with Gasteiger partial charge in [-0.3, -0.25) is 4.79 Å². The van der Waals surface area contributed by atoms with E-state index in [9.17, 15) is 26.4 Å². The summed E-state index contributed by atoms with van der Waals surface area (Å²) in [5.74, 6) is -1.31. The Hall–Kier alpha value is -1.28. The van der Waals surface area contributed by atoms with E-state index in [-0.39, 0.29) is 30.0 Å². The van der Waals surface area contributed by atoms with E-state index in [2.05, 4.69) is 0 Å². The molecule has 0 N–H and O–H groups in total. The number of benzene rings is 1. The Kier molecular flexibility index (Phi) is 4.45. The van der Waals surface area contributed by atoms with Crippen molar-refractivity contribution in [2.75, 3.05) is 17.2 Å². The predicted octanol–water partition coefficient (Wildman–Crippen LogP) is 2.94. The standard InChI is InChI=1S/C13H13ClF3NO3S/c1-8-10(13(15,16)17)3-2-4-11(8)18-6-9(5-12(18)19)7-22(14,20)21/h2-4,9H,5-7H2,1H3. The highest BCUT2D eigenvalue weighted by atomic mass is 35.7. The second-order valence-corrected chi connectivity index (χ2v) is 8.05. The molecule has 4 nitrogen and oxygen atoms in total. The number of carbonyl (C=O) groups is 1. The van der Waals surface area contributed by atoms with Gasteiger partial charge in [-0.25, -0.2) is 8.42 Å². The molecule has 0 aliphatic carbocycles. The van der Waals surface area contributed by atoms with Gasteiger partial charge in [-0.2, -0.15) is 13.2 Å². The van der Waals surface area contributed by atoms with Gasteiger partial charge in [0.1, 0.15) is 0 Å². The van der Waals surface area contributed by atoms with Crippen LogP contribution in [0.25, 0.3) is 0 Å². The van der Waals surface area contributed by atoms with Crippen LogP contribution in [0.2, 0.25) is 0 Å². The van der Waals surface area contributed by atoms with Crippen molar-refractivity contribution in [1.29, 1.82) is 0 Å². The van der Waals surface area contributed by atoms with Crippen LogP contribution in [0.4, 0.5) is 18.9 Å². The molecule has 1 fully saturated rings. The molecule has 1 aromatic rings. The first-order valence-electron chi connectivity index (χ1n) is 6.38. The van der Waals surface area contributed by atoms with E-state index in [4.69, 9.17) is 10.7 Å². The van der Waals surface area contributed by atoms with E-state index in [0.717, 1.165) is 6.07 Å². The molecule has 1 heterocycles. The summed E-state index contributed by atoms with van der Waals surface area (Å²) < 4.78 is 60.9. The lowest BCUT2D eigenvalue weighted by Gasteiger charge is -2.21. The maximum absolute atomic E-state index is 12.9. The molecule has 1 saturated heterocycles. The van der Waals surface area contributed by atoms with Crippen LogP contribution in [-0.4, -0.2) is 26.6 Å². The highest BCUT2D eigenvalue weighted by Crippen LogP contribution is 2.37. The van der Waals surface area contributed by atoms with Gasteiger partial charge in [-0.1, -0.05) is 6.07 Å². The van der Waals surface area contributed by atoms with Crippen LogP contribution in [0.3, 0.4) is 0 Å². The first-order chi connectivity index (χ1) is 9.99. The van der Waals surface area contributed by atoms with E-state index in [1.54, 1.807) is 0 Å². The van der Waals surface area contributed by atoms with E-state index < -0.39 is 32.6 Å². The van der Waals surface area contributed by atoms with E-state index in [0.29, 0.717) is 0 Å². The van der Waals surface area contributed by atoms with E-state index in [1.807, 2.05) is 0 Å². The van der Waals surface area contributed by atoms with Crippen LogP contribution >= 0.6 is 10.7 Å². The molecule has 1 aliphatic heterocycles. The van der Waals surface area contributed by atoms with Crippen molar-refractivity contribution in [3.8, 4) is 0 Å². The van der Waals surface area contributed by atoms with Gasteiger partial charge in [0.05, 0.1) is 11.3 Å². The summed E-state index contributed by atoms with van der Waals surface area (Å²) in [5.41, 5.74) is -0.724. The van der Waals surface area contributed by atoms with Crippen molar-refractivity contribution < 1.29 is 26.4 Å². The summed E-state index contributed by atoms with van der Waals surface area (Å²) in [7, 11) is 1.40. The third-order valence-electron chi connectivity index (χ3n) is 3.54. The number of anilines is 1. The van der Waals surface area contributed by atoms with Crippen molar-refractivity contribution >= 4 is 31.3 Å². The summed E-state index contributed by atoms with van der Waals surface area (Å²) in [4.78, 5) is 13.2. The minimum atomic E-state index is -4.51. The number of amides is 1. The molecule has 1 aliphatic rings. The molecule has 0 saturated carbocycles. The first-order valence-corrected chi connectivity index (χ1v) is 8.86. The van der Waals surface area contributed by atoms with Crippen molar-refractivity contribution in [2.24, 2.45) is 5.92 Å². The zero-order valence-electron chi connectivity index (χ0n) is 11.5.